The Morgan fingerprint density at radius 3 is 1.63 bits per heavy atom. The predicted molar refractivity (Wildman–Crippen MR) is 188 cm³/mol. The fraction of sp³-hybridized carbons (Fsp3) is 0.282. The molecule has 49 heavy (non-hydrogen) atoms. The van der Waals surface area contributed by atoms with E-state index in [1.54, 1.807) is 0 Å². The Morgan fingerprint density at radius 1 is 0.653 bits per heavy atom. The number of benzene rings is 4. The van der Waals surface area contributed by atoms with Crippen LogP contribution in [0.3, 0.4) is 0 Å². The molecule has 0 aliphatic carbocycles. The first kappa shape index (κ1) is 36.5. The minimum absolute atomic E-state index is 0.109. The first-order valence-electron chi connectivity index (χ1n) is 16.4. The fourth-order valence-electron chi connectivity index (χ4n) is 6.26. The second kappa shape index (κ2) is 18.9. The molecule has 4 rings (SSSR count). The number of hydrogen-bond donors (Lipinski definition) is 6. The average molecular weight is 665 g/mol. The summed E-state index contributed by atoms with van der Waals surface area (Å²) in [6.07, 6.45) is 0.449. The van der Waals surface area contributed by atoms with Gasteiger partial charge in [-0.05, 0) is 66.8 Å². The zero-order valence-electron chi connectivity index (χ0n) is 27.3. The molecule has 6 N–H and O–H groups in total. The highest BCUT2D eigenvalue weighted by atomic mass is 16.4. The largest absolute Gasteiger partial charge is 0.465 e. The summed E-state index contributed by atoms with van der Waals surface area (Å²) in [5.41, 5.74) is 2.17. The summed E-state index contributed by atoms with van der Waals surface area (Å²) in [6.45, 7) is 0.489. The van der Waals surface area contributed by atoms with Gasteiger partial charge in [0.2, 0.25) is 5.91 Å². The van der Waals surface area contributed by atoms with Gasteiger partial charge in [-0.25, -0.2) is 9.59 Å². The predicted octanol–water partition coefficient (Wildman–Crippen LogP) is 5.23. The van der Waals surface area contributed by atoms with Gasteiger partial charge in [-0.3, -0.25) is 15.4 Å². The number of carboxylic acid groups (broad SMARTS) is 2. The zero-order chi connectivity index (χ0) is 34.9. The van der Waals surface area contributed by atoms with E-state index < -0.39 is 41.8 Å². The Kier molecular flexibility index (Phi) is 14.1. The Balaban J connectivity index is 1.70. The van der Waals surface area contributed by atoms with Crippen LogP contribution in [0, 0.1) is 5.92 Å². The Morgan fingerprint density at radius 2 is 1.14 bits per heavy atom. The highest BCUT2D eigenvalue weighted by molar-refractivity contribution is 5.94. The molecule has 4 aromatic carbocycles. The van der Waals surface area contributed by atoms with Crippen LogP contribution in [0.15, 0.2) is 121 Å². The van der Waals surface area contributed by atoms with Gasteiger partial charge in [-0.1, -0.05) is 121 Å². The smallest absolute Gasteiger partial charge is 0.411 e. The van der Waals surface area contributed by atoms with E-state index in [0.717, 1.165) is 28.5 Å². The van der Waals surface area contributed by atoms with Gasteiger partial charge in [-0.2, -0.15) is 0 Å². The number of amides is 3. The molecule has 2 unspecified atom stereocenters. The molecule has 0 bridgehead atoms. The number of aldehydes is 1. The van der Waals surface area contributed by atoms with E-state index in [-0.39, 0.29) is 12.8 Å². The monoisotopic (exact) mass is 664 g/mol. The van der Waals surface area contributed by atoms with E-state index in [1.165, 1.54) is 0 Å². The van der Waals surface area contributed by atoms with Gasteiger partial charge in [0.25, 0.3) is 0 Å². The SMILES string of the molecule is O=CC(Cc1ccccc1)NCCC[C@@H](Cc1ccccc1)C(Cc1ccccc1)(NC(=O)O)N[C@@H](Cc1ccccc1)C(=O)NC(=O)O. The number of carbonyl (C=O) groups excluding carboxylic acids is 2. The molecule has 0 saturated carbocycles. The highest BCUT2D eigenvalue weighted by Gasteiger charge is 2.43. The van der Waals surface area contributed by atoms with Gasteiger partial charge in [0.05, 0.1) is 12.1 Å². The standard InChI is InChI=1S/C39H44N4O6/c44-28-34(25-30-16-7-2-8-17-30)40-23-13-22-33(24-29-14-5-1-6-15-29)39(43-38(48)49,27-32-20-11-4-12-21-32)42-35(36(45)41-37(46)47)26-31-18-9-3-10-19-31/h1-12,14-21,28,33-35,40,42-43H,13,22-27H2,(H,41,45)(H,46,47)(H,48,49)/t33-,34?,35-,39?/m0/s1. The quantitative estimate of drug-likeness (QED) is 0.0452. The van der Waals surface area contributed by atoms with Crippen molar-refractivity contribution in [3.05, 3.63) is 144 Å². The highest BCUT2D eigenvalue weighted by Crippen LogP contribution is 2.30. The maximum absolute atomic E-state index is 13.5. The third-order valence-electron chi connectivity index (χ3n) is 8.54. The molecule has 10 heteroatoms. The maximum Gasteiger partial charge on any atom is 0.411 e. The zero-order valence-corrected chi connectivity index (χ0v) is 27.3. The van der Waals surface area contributed by atoms with Crippen molar-refractivity contribution in [1.82, 2.24) is 21.3 Å². The van der Waals surface area contributed by atoms with E-state index in [1.807, 2.05) is 127 Å². The summed E-state index contributed by atoms with van der Waals surface area (Å²) in [6, 6.07) is 36.4. The fourth-order valence-corrected chi connectivity index (χ4v) is 6.26. The van der Waals surface area contributed by atoms with E-state index in [2.05, 4.69) is 16.0 Å². The molecule has 0 fully saturated rings. The molecule has 0 aliphatic rings. The number of carbonyl (C=O) groups is 4. The third-order valence-corrected chi connectivity index (χ3v) is 8.54. The van der Waals surface area contributed by atoms with E-state index >= 15 is 0 Å². The van der Waals surface area contributed by atoms with Crippen molar-refractivity contribution in [3.63, 3.8) is 0 Å². The molecule has 0 aliphatic heterocycles. The minimum atomic E-state index is -1.50. The second-order valence-corrected chi connectivity index (χ2v) is 12.2. The normalized spacial score (nSPS) is 14.0. The van der Waals surface area contributed by atoms with Crippen molar-refractivity contribution in [2.75, 3.05) is 6.54 Å². The lowest BCUT2D eigenvalue weighted by Crippen LogP contribution is -2.69. The summed E-state index contributed by atoms with van der Waals surface area (Å²) < 4.78 is 0. The molecule has 4 aromatic rings. The van der Waals surface area contributed by atoms with Crippen LogP contribution in [-0.2, 0) is 35.3 Å². The summed E-state index contributed by atoms with van der Waals surface area (Å²) in [5.74, 6) is -1.22. The molecule has 0 radical (unpaired) electrons. The summed E-state index contributed by atoms with van der Waals surface area (Å²) in [4.78, 5) is 49.8. The van der Waals surface area contributed by atoms with Gasteiger partial charge in [0, 0.05) is 6.42 Å². The van der Waals surface area contributed by atoms with E-state index in [4.69, 9.17) is 0 Å². The minimum Gasteiger partial charge on any atom is -0.465 e. The molecule has 3 amide bonds. The Bertz CT molecular complexity index is 1610. The Labute approximate surface area is 287 Å². The van der Waals surface area contributed by atoms with Crippen molar-refractivity contribution >= 4 is 24.4 Å². The van der Waals surface area contributed by atoms with Gasteiger partial charge in [-0.15, -0.1) is 0 Å². The van der Waals surface area contributed by atoms with Gasteiger partial charge < -0.3 is 25.6 Å². The van der Waals surface area contributed by atoms with Crippen LogP contribution in [0.5, 0.6) is 0 Å². The molecule has 0 aromatic heterocycles. The van der Waals surface area contributed by atoms with Gasteiger partial charge in [0.1, 0.15) is 11.9 Å². The molecular weight excluding hydrogens is 620 g/mol. The molecule has 0 saturated heterocycles. The van der Waals surface area contributed by atoms with Crippen LogP contribution in [0.1, 0.15) is 35.1 Å². The van der Waals surface area contributed by atoms with Crippen molar-refractivity contribution < 1.29 is 29.4 Å². The number of imide groups is 1. The van der Waals surface area contributed by atoms with Crippen molar-refractivity contribution in [3.8, 4) is 0 Å². The first-order valence-corrected chi connectivity index (χ1v) is 16.4. The van der Waals surface area contributed by atoms with Crippen LogP contribution in [0.4, 0.5) is 9.59 Å². The van der Waals surface area contributed by atoms with Crippen LogP contribution in [0.25, 0.3) is 0 Å². The summed E-state index contributed by atoms with van der Waals surface area (Å²) in [5, 5.41) is 31.3. The molecule has 256 valence electrons. The van der Waals surface area contributed by atoms with Crippen LogP contribution in [-0.4, -0.2) is 58.9 Å². The number of hydrogen-bond acceptors (Lipinski definition) is 6. The molecule has 0 heterocycles. The lowest BCUT2D eigenvalue weighted by atomic mass is 9.78. The third kappa shape index (κ3) is 12.0. The summed E-state index contributed by atoms with van der Waals surface area (Å²) in [7, 11) is 0. The van der Waals surface area contributed by atoms with Gasteiger partial charge in [0.15, 0.2) is 0 Å². The average Bonchev–Trinajstić information content (AvgIpc) is 3.10. The van der Waals surface area contributed by atoms with Crippen LogP contribution < -0.4 is 21.3 Å². The molecule has 10 nitrogen and oxygen atoms in total. The second-order valence-electron chi connectivity index (χ2n) is 12.2. The van der Waals surface area contributed by atoms with Crippen molar-refractivity contribution in [2.45, 2.75) is 56.3 Å². The van der Waals surface area contributed by atoms with Crippen molar-refractivity contribution in [1.29, 1.82) is 0 Å². The van der Waals surface area contributed by atoms with E-state index in [9.17, 15) is 29.4 Å². The lowest BCUT2D eigenvalue weighted by molar-refractivity contribution is -0.123. The lowest BCUT2D eigenvalue weighted by Gasteiger charge is -2.44. The number of nitrogens with one attached hydrogen (secondary N) is 4. The number of rotatable bonds is 19. The molecule has 0 spiro atoms. The van der Waals surface area contributed by atoms with Crippen LogP contribution >= 0.6 is 0 Å². The van der Waals surface area contributed by atoms with Crippen LogP contribution in [0.2, 0.25) is 0 Å². The molecule has 4 atom stereocenters. The molecular formula is C39H44N4O6. The maximum atomic E-state index is 13.5. The summed E-state index contributed by atoms with van der Waals surface area (Å²) >= 11 is 0. The first-order chi connectivity index (χ1) is 23.8. The Hall–Kier alpha value is -5.32. The van der Waals surface area contributed by atoms with Crippen molar-refractivity contribution in [2.24, 2.45) is 5.92 Å². The topological polar surface area (TPSA) is 157 Å². The van der Waals surface area contributed by atoms with Gasteiger partial charge >= 0.3 is 12.2 Å². The van der Waals surface area contributed by atoms with E-state index in [0.29, 0.717) is 32.2 Å².